The van der Waals surface area contributed by atoms with Crippen LogP contribution in [0.2, 0.25) is 0 Å². The predicted molar refractivity (Wildman–Crippen MR) is 67.7 cm³/mol. The van der Waals surface area contributed by atoms with E-state index in [1.165, 1.54) is 13.0 Å². The third-order valence-corrected chi connectivity index (χ3v) is 2.44. The molecule has 0 saturated heterocycles. The summed E-state index contributed by atoms with van der Waals surface area (Å²) < 4.78 is 19.0. The van der Waals surface area contributed by atoms with Gasteiger partial charge in [0.1, 0.15) is 0 Å². The molecule has 0 aliphatic rings. The average molecular weight is 254 g/mol. The molecule has 1 aromatic carbocycles. The van der Waals surface area contributed by atoms with Crippen molar-refractivity contribution in [3.63, 3.8) is 0 Å². The van der Waals surface area contributed by atoms with Gasteiger partial charge in [-0.1, -0.05) is 26.0 Å². The number of hydrogen-bond donors (Lipinski definition) is 2. The van der Waals surface area contributed by atoms with Gasteiger partial charge in [-0.3, -0.25) is 4.79 Å². The molecule has 0 spiro atoms. The topological polar surface area (TPSA) is 64.3 Å². The van der Waals surface area contributed by atoms with Gasteiger partial charge in [-0.15, -0.1) is 0 Å². The van der Waals surface area contributed by atoms with Gasteiger partial charge in [0.25, 0.3) is 5.91 Å². The van der Waals surface area contributed by atoms with Crippen LogP contribution in [-0.4, -0.2) is 18.1 Å². The van der Waals surface area contributed by atoms with Crippen LogP contribution in [0.5, 0.6) is 5.75 Å². The number of rotatable bonds is 6. The van der Waals surface area contributed by atoms with Gasteiger partial charge in [0, 0.05) is 18.2 Å². The summed E-state index contributed by atoms with van der Waals surface area (Å²) in [5.74, 6) is -1.04. The fourth-order valence-electron chi connectivity index (χ4n) is 1.37. The first-order chi connectivity index (χ1) is 8.41. The minimum atomic E-state index is -0.861. The number of primary amides is 1. The smallest absolute Gasteiger partial charge is 0.258 e. The lowest BCUT2D eigenvalue weighted by molar-refractivity contribution is -0.124. The molecule has 0 fully saturated rings. The van der Waals surface area contributed by atoms with Gasteiger partial charge in [0.05, 0.1) is 0 Å². The van der Waals surface area contributed by atoms with E-state index in [2.05, 4.69) is 5.32 Å². The predicted octanol–water partition coefficient (Wildman–Crippen LogP) is 1.58. The molecule has 4 nitrogen and oxygen atoms in total. The number of para-hydroxylation sites is 1. The van der Waals surface area contributed by atoms with Crippen molar-refractivity contribution >= 4 is 5.91 Å². The van der Waals surface area contributed by atoms with E-state index < -0.39 is 17.8 Å². The summed E-state index contributed by atoms with van der Waals surface area (Å²) in [5.41, 5.74) is 5.77. The lowest BCUT2D eigenvalue weighted by Crippen LogP contribution is -2.31. The Morgan fingerprint density at radius 1 is 1.44 bits per heavy atom. The van der Waals surface area contributed by atoms with Crippen LogP contribution in [0, 0.1) is 5.82 Å². The molecule has 0 heterocycles. The molecule has 0 saturated carbocycles. The second kappa shape index (κ2) is 6.35. The van der Waals surface area contributed by atoms with Gasteiger partial charge in [-0.25, -0.2) is 4.39 Å². The number of hydrogen-bond acceptors (Lipinski definition) is 3. The van der Waals surface area contributed by atoms with Gasteiger partial charge >= 0.3 is 0 Å². The highest BCUT2D eigenvalue weighted by molar-refractivity contribution is 5.78. The molecule has 0 radical (unpaired) electrons. The highest BCUT2D eigenvalue weighted by Gasteiger charge is 2.16. The maximum Gasteiger partial charge on any atom is 0.258 e. The minimum Gasteiger partial charge on any atom is -0.477 e. The van der Waals surface area contributed by atoms with E-state index in [0.717, 1.165) is 0 Å². The second-order valence-electron chi connectivity index (χ2n) is 4.43. The van der Waals surface area contributed by atoms with Crippen molar-refractivity contribution in [1.29, 1.82) is 0 Å². The number of carbonyl (C=O) groups is 1. The number of nitrogens with one attached hydrogen (secondary N) is 1. The highest BCUT2D eigenvalue weighted by atomic mass is 19.1. The summed E-state index contributed by atoms with van der Waals surface area (Å²) in [6.45, 7) is 5.95. The zero-order chi connectivity index (χ0) is 13.7. The molecule has 100 valence electrons. The molecule has 0 aromatic heterocycles. The van der Waals surface area contributed by atoms with Crippen LogP contribution in [0.25, 0.3) is 0 Å². The van der Waals surface area contributed by atoms with Crippen molar-refractivity contribution in [2.75, 3.05) is 0 Å². The SMILES string of the molecule is CC(C)NCc1cccc(F)c1OC(C)C(N)=O. The Morgan fingerprint density at radius 2 is 2.11 bits per heavy atom. The Labute approximate surface area is 106 Å². The maximum atomic E-state index is 13.7. The Bertz CT molecular complexity index is 421. The van der Waals surface area contributed by atoms with E-state index >= 15 is 0 Å². The van der Waals surface area contributed by atoms with E-state index in [1.54, 1.807) is 12.1 Å². The van der Waals surface area contributed by atoms with Crippen LogP contribution in [0.1, 0.15) is 26.3 Å². The van der Waals surface area contributed by atoms with Crippen molar-refractivity contribution in [1.82, 2.24) is 5.32 Å². The quantitative estimate of drug-likeness (QED) is 0.810. The van der Waals surface area contributed by atoms with Crippen molar-refractivity contribution in [2.45, 2.75) is 39.5 Å². The normalized spacial score (nSPS) is 12.5. The number of halogens is 1. The molecular formula is C13H19FN2O2. The number of benzene rings is 1. The fraction of sp³-hybridized carbons (Fsp3) is 0.462. The van der Waals surface area contributed by atoms with E-state index in [4.69, 9.17) is 10.5 Å². The second-order valence-corrected chi connectivity index (χ2v) is 4.43. The monoisotopic (exact) mass is 254 g/mol. The summed E-state index contributed by atoms with van der Waals surface area (Å²) in [4.78, 5) is 11.0. The van der Waals surface area contributed by atoms with Gasteiger partial charge < -0.3 is 15.8 Å². The van der Waals surface area contributed by atoms with Gasteiger partial charge in [0.2, 0.25) is 0 Å². The highest BCUT2D eigenvalue weighted by Crippen LogP contribution is 2.23. The third kappa shape index (κ3) is 4.00. The van der Waals surface area contributed by atoms with Crippen LogP contribution in [0.3, 0.4) is 0 Å². The molecule has 1 amide bonds. The van der Waals surface area contributed by atoms with E-state index in [-0.39, 0.29) is 11.8 Å². The Balaban J connectivity index is 2.89. The van der Waals surface area contributed by atoms with Gasteiger partial charge in [-0.05, 0) is 13.0 Å². The van der Waals surface area contributed by atoms with Crippen molar-refractivity contribution in [3.8, 4) is 5.75 Å². The lowest BCUT2D eigenvalue weighted by atomic mass is 10.1. The Hall–Kier alpha value is -1.62. The molecule has 1 unspecified atom stereocenters. The molecule has 1 aromatic rings. The molecule has 3 N–H and O–H groups in total. The Kier molecular flexibility index (Phi) is 5.09. The molecule has 0 bridgehead atoms. The summed E-state index contributed by atoms with van der Waals surface area (Å²) in [6, 6.07) is 4.92. The first-order valence-electron chi connectivity index (χ1n) is 5.88. The van der Waals surface area contributed by atoms with Crippen LogP contribution >= 0.6 is 0 Å². The third-order valence-electron chi connectivity index (χ3n) is 2.44. The summed E-state index contributed by atoms with van der Waals surface area (Å²) in [6.07, 6.45) is -0.861. The summed E-state index contributed by atoms with van der Waals surface area (Å²) in [7, 11) is 0. The average Bonchev–Trinajstić information content (AvgIpc) is 2.29. The van der Waals surface area contributed by atoms with Crippen molar-refractivity contribution in [2.24, 2.45) is 5.73 Å². The Morgan fingerprint density at radius 3 is 2.67 bits per heavy atom. The van der Waals surface area contributed by atoms with Gasteiger partial charge in [0.15, 0.2) is 17.7 Å². The van der Waals surface area contributed by atoms with Gasteiger partial charge in [-0.2, -0.15) is 0 Å². The van der Waals surface area contributed by atoms with Crippen LogP contribution in [-0.2, 0) is 11.3 Å². The lowest BCUT2D eigenvalue weighted by Gasteiger charge is -2.17. The molecule has 5 heteroatoms. The summed E-state index contributed by atoms with van der Waals surface area (Å²) >= 11 is 0. The van der Waals surface area contributed by atoms with E-state index in [1.807, 2.05) is 13.8 Å². The van der Waals surface area contributed by atoms with E-state index in [0.29, 0.717) is 12.1 Å². The number of nitrogens with two attached hydrogens (primary N) is 1. The molecule has 1 rings (SSSR count). The molecular weight excluding hydrogens is 235 g/mol. The van der Waals surface area contributed by atoms with Crippen LogP contribution < -0.4 is 15.8 Å². The standard InChI is InChI=1S/C13H19FN2O2/c1-8(2)16-7-10-5-4-6-11(14)12(10)18-9(3)13(15)17/h4-6,8-9,16H,7H2,1-3H3,(H2,15,17). The zero-order valence-electron chi connectivity index (χ0n) is 10.9. The van der Waals surface area contributed by atoms with Crippen LogP contribution in [0.4, 0.5) is 4.39 Å². The first-order valence-corrected chi connectivity index (χ1v) is 5.88. The van der Waals surface area contributed by atoms with Crippen molar-refractivity contribution < 1.29 is 13.9 Å². The number of carbonyl (C=O) groups excluding carboxylic acids is 1. The summed E-state index contributed by atoms with van der Waals surface area (Å²) in [5, 5.41) is 3.17. The molecule has 1 atom stereocenters. The largest absolute Gasteiger partial charge is 0.477 e. The molecule has 0 aliphatic heterocycles. The maximum absolute atomic E-state index is 13.7. The van der Waals surface area contributed by atoms with Crippen molar-refractivity contribution in [3.05, 3.63) is 29.6 Å². The molecule has 0 aliphatic carbocycles. The number of ether oxygens (including phenoxy) is 1. The zero-order valence-corrected chi connectivity index (χ0v) is 10.9. The van der Waals surface area contributed by atoms with E-state index in [9.17, 15) is 9.18 Å². The number of amides is 1. The van der Waals surface area contributed by atoms with Crippen LogP contribution in [0.15, 0.2) is 18.2 Å². The fourth-order valence-corrected chi connectivity index (χ4v) is 1.37. The first kappa shape index (κ1) is 14.4. The minimum absolute atomic E-state index is 0.0805. The molecule has 18 heavy (non-hydrogen) atoms.